The summed E-state index contributed by atoms with van der Waals surface area (Å²) in [6, 6.07) is 9.40. The normalized spacial score (nSPS) is 37.5. The van der Waals surface area contributed by atoms with E-state index in [-0.39, 0.29) is 28.3 Å². The highest BCUT2D eigenvalue weighted by Crippen LogP contribution is 2.60. The largest absolute Gasteiger partial charge is 0.298 e. The summed E-state index contributed by atoms with van der Waals surface area (Å²) in [6.07, 6.45) is 0.996. The molecule has 0 heterocycles. The number of carbonyl (C=O) groups excluding carboxylic acids is 1. The summed E-state index contributed by atoms with van der Waals surface area (Å²) in [7, 11) is -1.20. The first kappa shape index (κ1) is 13.0. The number of Topliss-reactive ketones (excluding diaryl/α,β-unsaturated/α-hetero) is 1. The topological polar surface area (TPSA) is 34.1 Å². The summed E-state index contributed by atoms with van der Waals surface area (Å²) in [5, 5.41) is -0.306. The molecule has 3 fully saturated rings. The zero-order chi connectivity index (χ0) is 13.8. The monoisotopic (exact) mass is 276 g/mol. The molecule has 0 aromatic heterocycles. The number of fused-ring (bicyclic) bond motifs is 2. The van der Waals surface area contributed by atoms with Gasteiger partial charge in [0.05, 0.1) is 10.8 Å². The van der Waals surface area contributed by atoms with Gasteiger partial charge in [-0.05, 0) is 35.8 Å². The second kappa shape index (κ2) is 4.27. The van der Waals surface area contributed by atoms with E-state index in [4.69, 9.17) is 0 Å². The molecular formula is C16H20O2S. The van der Waals surface area contributed by atoms with Crippen LogP contribution < -0.4 is 0 Å². The Morgan fingerprint density at radius 1 is 1.21 bits per heavy atom. The Labute approximate surface area is 117 Å². The zero-order valence-electron chi connectivity index (χ0n) is 11.6. The van der Waals surface area contributed by atoms with E-state index in [9.17, 15) is 9.00 Å². The molecule has 2 bridgehead atoms. The summed E-state index contributed by atoms with van der Waals surface area (Å²) in [5.41, 5.74) is 0.105. The Morgan fingerprint density at radius 2 is 1.84 bits per heavy atom. The number of carbonyl (C=O) groups is 1. The second-order valence-corrected chi connectivity index (χ2v) is 8.08. The molecule has 4 rings (SSSR count). The first-order valence-corrected chi connectivity index (χ1v) is 8.15. The molecule has 0 unspecified atom stereocenters. The summed E-state index contributed by atoms with van der Waals surface area (Å²) >= 11 is 0. The van der Waals surface area contributed by atoms with E-state index in [2.05, 4.69) is 20.8 Å². The Hall–Kier alpha value is -0.960. The minimum Gasteiger partial charge on any atom is -0.298 e. The van der Waals surface area contributed by atoms with Crippen molar-refractivity contribution in [2.45, 2.75) is 37.3 Å². The molecule has 1 aromatic rings. The first-order valence-electron chi connectivity index (χ1n) is 6.94. The number of hydrogen-bond acceptors (Lipinski definition) is 2. The molecule has 19 heavy (non-hydrogen) atoms. The van der Waals surface area contributed by atoms with Crippen molar-refractivity contribution < 1.29 is 9.00 Å². The molecule has 0 amide bonds. The van der Waals surface area contributed by atoms with Gasteiger partial charge in [0.25, 0.3) is 0 Å². The SMILES string of the molecule is C[C@H]1[C@H]2C[C@@H](C(=O)[C@@H]1[S@](=O)c1ccccc1)C2(C)C. The quantitative estimate of drug-likeness (QED) is 0.832. The van der Waals surface area contributed by atoms with Crippen molar-refractivity contribution in [1.29, 1.82) is 0 Å². The highest BCUT2D eigenvalue weighted by atomic mass is 32.2. The van der Waals surface area contributed by atoms with Crippen LogP contribution in [-0.4, -0.2) is 15.2 Å². The molecule has 102 valence electrons. The molecule has 3 heteroatoms. The number of benzene rings is 1. The maximum absolute atomic E-state index is 12.7. The third kappa shape index (κ3) is 1.74. The van der Waals surface area contributed by atoms with Crippen LogP contribution in [0.15, 0.2) is 35.2 Å². The van der Waals surface area contributed by atoms with Gasteiger partial charge >= 0.3 is 0 Å². The Bertz CT molecular complexity index is 535. The fourth-order valence-corrected chi connectivity index (χ4v) is 5.68. The summed E-state index contributed by atoms with van der Waals surface area (Å²) in [5.74, 6) is 1.09. The molecule has 1 aromatic carbocycles. The Balaban J connectivity index is 1.91. The van der Waals surface area contributed by atoms with Gasteiger partial charge in [-0.2, -0.15) is 0 Å². The average molecular weight is 276 g/mol. The van der Waals surface area contributed by atoms with Crippen LogP contribution in [-0.2, 0) is 15.6 Å². The lowest BCUT2D eigenvalue weighted by molar-refractivity contribution is -0.155. The van der Waals surface area contributed by atoms with Gasteiger partial charge in [-0.1, -0.05) is 39.0 Å². The lowest BCUT2D eigenvalue weighted by Gasteiger charge is -2.60. The zero-order valence-corrected chi connectivity index (χ0v) is 12.4. The molecule has 2 nitrogen and oxygen atoms in total. The van der Waals surface area contributed by atoms with Crippen molar-refractivity contribution in [3.8, 4) is 0 Å². The van der Waals surface area contributed by atoms with E-state index in [1.165, 1.54) is 0 Å². The molecule has 0 radical (unpaired) electrons. The van der Waals surface area contributed by atoms with Gasteiger partial charge in [0, 0.05) is 10.8 Å². The average Bonchev–Trinajstić information content (AvgIpc) is 2.38. The van der Waals surface area contributed by atoms with Crippen molar-refractivity contribution in [2.75, 3.05) is 0 Å². The van der Waals surface area contributed by atoms with Gasteiger partial charge in [0.15, 0.2) is 5.78 Å². The van der Waals surface area contributed by atoms with Gasteiger partial charge in [0.2, 0.25) is 0 Å². The third-order valence-electron chi connectivity index (χ3n) is 5.29. The van der Waals surface area contributed by atoms with Crippen LogP contribution in [0.1, 0.15) is 27.2 Å². The summed E-state index contributed by atoms with van der Waals surface area (Å²) in [4.78, 5) is 13.4. The number of rotatable bonds is 2. The van der Waals surface area contributed by atoms with E-state index < -0.39 is 10.8 Å². The minimum absolute atomic E-state index is 0.105. The van der Waals surface area contributed by atoms with E-state index in [1.807, 2.05) is 30.3 Å². The van der Waals surface area contributed by atoms with Gasteiger partial charge in [-0.15, -0.1) is 0 Å². The van der Waals surface area contributed by atoms with E-state index in [0.29, 0.717) is 5.92 Å². The minimum atomic E-state index is -1.20. The van der Waals surface area contributed by atoms with Gasteiger partial charge in [0.1, 0.15) is 5.25 Å². The molecule has 5 atom stereocenters. The summed E-state index contributed by atoms with van der Waals surface area (Å²) in [6.45, 7) is 6.47. The van der Waals surface area contributed by atoms with Crippen LogP contribution in [0.5, 0.6) is 0 Å². The molecule has 0 aliphatic heterocycles. The lowest BCUT2D eigenvalue weighted by Crippen LogP contribution is -2.63. The molecule has 3 aliphatic carbocycles. The lowest BCUT2D eigenvalue weighted by atomic mass is 9.45. The second-order valence-electron chi connectivity index (χ2n) is 6.51. The highest BCUT2D eigenvalue weighted by molar-refractivity contribution is 7.86. The first-order chi connectivity index (χ1) is 8.94. The van der Waals surface area contributed by atoms with Crippen molar-refractivity contribution in [3.63, 3.8) is 0 Å². The fraction of sp³-hybridized carbons (Fsp3) is 0.562. The molecule has 3 saturated carbocycles. The Kier molecular flexibility index (Phi) is 2.93. The van der Waals surface area contributed by atoms with Gasteiger partial charge in [-0.25, -0.2) is 0 Å². The predicted octanol–water partition coefficient (Wildman–Crippen LogP) is 3.04. The predicted molar refractivity (Wildman–Crippen MR) is 76.2 cm³/mol. The van der Waals surface area contributed by atoms with E-state index in [0.717, 1.165) is 11.3 Å². The van der Waals surface area contributed by atoms with Crippen molar-refractivity contribution >= 4 is 16.6 Å². The Morgan fingerprint density at radius 3 is 2.37 bits per heavy atom. The van der Waals surface area contributed by atoms with Crippen LogP contribution >= 0.6 is 0 Å². The van der Waals surface area contributed by atoms with Crippen LogP contribution in [0, 0.1) is 23.2 Å². The van der Waals surface area contributed by atoms with Crippen molar-refractivity contribution in [1.82, 2.24) is 0 Å². The van der Waals surface area contributed by atoms with E-state index in [1.54, 1.807) is 0 Å². The fourth-order valence-electron chi connectivity index (χ4n) is 4.00. The van der Waals surface area contributed by atoms with Crippen molar-refractivity contribution in [3.05, 3.63) is 30.3 Å². The number of hydrogen-bond donors (Lipinski definition) is 0. The number of ketones is 1. The van der Waals surface area contributed by atoms with Crippen molar-refractivity contribution in [2.24, 2.45) is 23.2 Å². The van der Waals surface area contributed by atoms with Crippen LogP contribution in [0.3, 0.4) is 0 Å². The smallest absolute Gasteiger partial charge is 0.152 e. The molecular weight excluding hydrogens is 256 g/mol. The third-order valence-corrected chi connectivity index (χ3v) is 7.15. The van der Waals surface area contributed by atoms with Crippen LogP contribution in [0.2, 0.25) is 0 Å². The van der Waals surface area contributed by atoms with Crippen LogP contribution in [0.4, 0.5) is 0 Å². The van der Waals surface area contributed by atoms with Crippen LogP contribution in [0.25, 0.3) is 0 Å². The molecule has 3 aliphatic rings. The van der Waals surface area contributed by atoms with Gasteiger partial charge < -0.3 is 0 Å². The molecule has 0 N–H and O–H groups in total. The van der Waals surface area contributed by atoms with Gasteiger partial charge in [-0.3, -0.25) is 9.00 Å². The van der Waals surface area contributed by atoms with E-state index >= 15 is 0 Å². The molecule has 0 saturated heterocycles. The summed E-state index contributed by atoms with van der Waals surface area (Å²) < 4.78 is 12.7. The highest BCUT2D eigenvalue weighted by Gasteiger charge is 2.62. The molecule has 0 spiro atoms. The maximum Gasteiger partial charge on any atom is 0.152 e. The maximum atomic E-state index is 12.7. The standard InChI is InChI=1S/C16H20O2S/c1-10-12-9-13(16(12,2)3)14(17)15(10)19(18)11-7-5-4-6-8-11/h4-8,10,12-13,15H,9H2,1-3H3/t10-,12+,13-,15+,19+/m0/s1.